The van der Waals surface area contributed by atoms with Gasteiger partial charge in [-0.15, -0.1) is 0 Å². The molecule has 9 nitrogen and oxygen atoms in total. The predicted octanol–water partition coefficient (Wildman–Crippen LogP) is 1.45. The first-order valence-electron chi connectivity index (χ1n) is 10.3. The van der Waals surface area contributed by atoms with Crippen molar-refractivity contribution in [1.29, 1.82) is 5.41 Å². The van der Waals surface area contributed by atoms with E-state index in [1.54, 1.807) is 28.9 Å². The van der Waals surface area contributed by atoms with Crippen molar-refractivity contribution in [3.63, 3.8) is 0 Å². The number of hydrogen-bond donors (Lipinski definition) is 3. The number of amides is 3. The molecule has 1 spiro atoms. The number of anilines is 1. The molecule has 0 atom stereocenters. The number of amidine groups is 1. The fraction of sp³-hybridized carbons (Fsp3) is 0.524. The minimum Gasteiger partial charge on any atom is -0.466 e. The quantitative estimate of drug-likeness (QED) is 0.368. The SMILES string of the molecule is CCOC(=O)CCNC(=O)N1CCC2(CC1)CCN(c1ccc(C(=N)N)cc1)C2=O. The molecule has 0 unspecified atom stereocenters. The van der Waals surface area contributed by atoms with Gasteiger partial charge in [-0.2, -0.15) is 0 Å². The molecule has 0 aromatic heterocycles. The van der Waals surface area contributed by atoms with Crippen LogP contribution in [0.15, 0.2) is 24.3 Å². The Hall–Kier alpha value is -3.10. The third-order valence-electron chi connectivity index (χ3n) is 5.92. The number of benzene rings is 1. The third kappa shape index (κ3) is 4.55. The van der Waals surface area contributed by atoms with E-state index < -0.39 is 5.41 Å². The summed E-state index contributed by atoms with van der Waals surface area (Å²) in [7, 11) is 0. The smallest absolute Gasteiger partial charge is 0.317 e. The number of nitrogens with one attached hydrogen (secondary N) is 2. The first kappa shape index (κ1) is 21.6. The zero-order chi connectivity index (χ0) is 21.7. The van der Waals surface area contributed by atoms with Crippen molar-refractivity contribution in [1.82, 2.24) is 10.2 Å². The second-order valence-corrected chi connectivity index (χ2v) is 7.72. The number of carbonyl (C=O) groups is 3. The molecule has 3 rings (SSSR count). The summed E-state index contributed by atoms with van der Waals surface area (Å²) < 4.78 is 4.85. The Labute approximate surface area is 176 Å². The number of piperidine rings is 1. The van der Waals surface area contributed by atoms with Crippen molar-refractivity contribution in [2.75, 3.05) is 37.7 Å². The molecule has 2 aliphatic heterocycles. The zero-order valence-electron chi connectivity index (χ0n) is 17.3. The van der Waals surface area contributed by atoms with Gasteiger partial charge in [-0.1, -0.05) is 0 Å². The molecule has 0 aliphatic carbocycles. The van der Waals surface area contributed by atoms with Crippen LogP contribution in [0.25, 0.3) is 0 Å². The van der Waals surface area contributed by atoms with E-state index in [0.717, 1.165) is 12.1 Å². The van der Waals surface area contributed by atoms with Crippen LogP contribution in [0.5, 0.6) is 0 Å². The van der Waals surface area contributed by atoms with E-state index in [-0.39, 0.29) is 36.7 Å². The lowest BCUT2D eigenvalue weighted by molar-refractivity contribution is -0.142. The lowest BCUT2D eigenvalue weighted by Gasteiger charge is -2.37. The van der Waals surface area contributed by atoms with Crippen molar-refractivity contribution in [2.24, 2.45) is 11.1 Å². The molecule has 162 valence electrons. The Balaban J connectivity index is 1.52. The van der Waals surface area contributed by atoms with E-state index in [9.17, 15) is 14.4 Å². The summed E-state index contributed by atoms with van der Waals surface area (Å²) in [5, 5.41) is 10.2. The van der Waals surface area contributed by atoms with Crippen LogP contribution in [-0.4, -0.2) is 61.4 Å². The standard InChI is InChI=1S/C21H29N5O4/c1-2-30-17(27)7-11-24-20(29)25-12-8-21(9-13-25)10-14-26(19(21)28)16-5-3-15(4-6-16)18(22)23/h3-6H,2,7-14H2,1H3,(H3,22,23)(H,24,29). The van der Waals surface area contributed by atoms with Crippen LogP contribution in [0.4, 0.5) is 10.5 Å². The number of urea groups is 1. The van der Waals surface area contributed by atoms with Crippen LogP contribution in [0.3, 0.4) is 0 Å². The molecule has 30 heavy (non-hydrogen) atoms. The zero-order valence-corrected chi connectivity index (χ0v) is 17.3. The number of hydrogen-bond acceptors (Lipinski definition) is 5. The maximum Gasteiger partial charge on any atom is 0.317 e. The van der Waals surface area contributed by atoms with Gasteiger partial charge >= 0.3 is 12.0 Å². The summed E-state index contributed by atoms with van der Waals surface area (Å²) in [6.45, 7) is 3.97. The average Bonchev–Trinajstić information content (AvgIpc) is 3.04. The van der Waals surface area contributed by atoms with Crippen molar-refractivity contribution >= 4 is 29.4 Å². The molecule has 0 radical (unpaired) electrons. The number of nitrogens with two attached hydrogens (primary N) is 1. The molecule has 4 N–H and O–H groups in total. The van der Waals surface area contributed by atoms with E-state index in [0.29, 0.717) is 44.6 Å². The molecular formula is C21H29N5O4. The van der Waals surface area contributed by atoms with Crippen LogP contribution < -0.4 is 16.0 Å². The van der Waals surface area contributed by atoms with Gasteiger partial charge in [0.25, 0.3) is 0 Å². The highest BCUT2D eigenvalue weighted by atomic mass is 16.5. The van der Waals surface area contributed by atoms with Crippen molar-refractivity contribution in [2.45, 2.75) is 32.6 Å². The Morgan fingerprint density at radius 2 is 1.80 bits per heavy atom. The van der Waals surface area contributed by atoms with Crippen LogP contribution in [-0.2, 0) is 14.3 Å². The van der Waals surface area contributed by atoms with Gasteiger partial charge < -0.3 is 25.6 Å². The number of nitrogens with zero attached hydrogens (tertiary/aromatic N) is 2. The lowest BCUT2D eigenvalue weighted by atomic mass is 9.77. The van der Waals surface area contributed by atoms with Gasteiger partial charge in [-0.05, 0) is 50.5 Å². The van der Waals surface area contributed by atoms with Crippen LogP contribution in [0.1, 0.15) is 38.2 Å². The number of ether oxygens (including phenoxy) is 1. The van der Waals surface area contributed by atoms with Crippen molar-refractivity contribution < 1.29 is 19.1 Å². The van der Waals surface area contributed by atoms with Gasteiger partial charge in [0.15, 0.2) is 0 Å². The fourth-order valence-electron chi connectivity index (χ4n) is 4.11. The molecule has 2 aliphatic rings. The van der Waals surface area contributed by atoms with E-state index in [1.165, 1.54) is 0 Å². The maximum absolute atomic E-state index is 13.2. The normalized spacial score (nSPS) is 17.8. The Morgan fingerprint density at radius 1 is 1.17 bits per heavy atom. The predicted molar refractivity (Wildman–Crippen MR) is 112 cm³/mol. The largest absolute Gasteiger partial charge is 0.466 e. The topological polar surface area (TPSA) is 129 Å². The molecule has 2 fully saturated rings. The van der Waals surface area contributed by atoms with Crippen LogP contribution in [0.2, 0.25) is 0 Å². The van der Waals surface area contributed by atoms with E-state index in [2.05, 4.69) is 5.32 Å². The Morgan fingerprint density at radius 3 is 2.40 bits per heavy atom. The number of nitrogen functional groups attached to an aromatic ring is 1. The van der Waals surface area contributed by atoms with Crippen molar-refractivity contribution in [3.8, 4) is 0 Å². The molecule has 1 aromatic rings. The summed E-state index contributed by atoms with van der Waals surface area (Å²) in [6, 6.07) is 6.93. The first-order chi connectivity index (χ1) is 14.4. The molecular weight excluding hydrogens is 386 g/mol. The summed E-state index contributed by atoms with van der Waals surface area (Å²) in [4.78, 5) is 40.4. The Bertz CT molecular complexity index is 815. The summed E-state index contributed by atoms with van der Waals surface area (Å²) >= 11 is 0. The average molecular weight is 415 g/mol. The summed E-state index contributed by atoms with van der Waals surface area (Å²) in [6.07, 6.45) is 2.16. The van der Waals surface area contributed by atoms with Crippen LogP contribution >= 0.6 is 0 Å². The maximum atomic E-state index is 13.2. The van der Waals surface area contributed by atoms with E-state index in [4.69, 9.17) is 15.9 Å². The fourth-order valence-corrected chi connectivity index (χ4v) is 4.11. The second-order valence-electron chi connectivity index (χ2n) is 7.72. The number of esters is 1. The molecule has 0 saturated carbocycles. The monoisotopic (exact) mass is 415 g/mol. The van der Waals surface area contributed by atoms with Crippen molar-refractivity contribution in [3.05, 3.63) is 29.8 Å². The highest BCUT2D eigenvalue weighted by molar-refractivity contribution is 6.01. The van der Waals surface area contributed by atoms with Gasteiger partial charge in [-0.25, -0.2) is 4.79 Å². The number of carbonyl (C=O) groups excluding carboxylic acids is 3. The summed E-state index contributed by atoms with van der Waals surface area (Å²) in [5.74, 6) is -0.234. The van der Waals surface area contributed by atoms with Gasteiger partial charge in [0.2, 0.25) is 5.91 Å². The minimum absolute atomic E-state index is 0.00123. The molecule has 2 heterocycles. The summed E-state index contributed by atoms with van der Waals surface area (Å²) in [5.41, 5.74) is 6.50. The number of likely N-dealkylation sites (tertiary alicyclic amines) is 1. The molecule has 3 amide bonds. The molecule has 1 aromatic carbocycles. The van der Waals surface area contributed by atoms with Gasteiger partial charge in [0.05, 0.1) is 18.4 Å². The van der Waals surface area contributed by atoms with E-state index in [1.807, 2.05) is 12.1 Å². The molecule has 0 bridgehead atoms. The third-order valence-corrected chi connectivity index (χ3v) is 5.92. The minimum atomic E-state index is -0.430. The van der Waals surface area contributed by atoms with Gasteiger partial charge in [0, 0.05) is 37.4 Å². The molecule has 2 saturated heterocycles. The highest BCUT2D eigenvalue weighted by Crippen LogP contribution is 2.43. The number of rotatable bonds is 6. The van der Waals surface area contributed by atoms with Gasteiger partial charge in [0.1, 0.15) is 5.84 Å². The van der Waals surface area contributed by atoms with E-state index >= 15 is 0 Å². The van der Waals surface area contributed by atoms with Crippen LogP contribution in [0, 0.1) is 10.8 Å². The molecule has 9 heteroatoms. The first-order valence-corrected chi connectivity index (χ1v) is 10.3. The second kappa shape index (κ2) is 9.15. The lowest BCUT2D eigenvalue weighted by Crippen LogP contribution is -2.49. The van der Waals surface area contributed by atoms with Gasteiger partial charge in [-0.3, -0.25) is 15.0 Å². The Kier molecular flexibility index (Phi) is 6.59. The highest BCUT2D eigenvalue weighted by Gasteiger charge is 2.49.